The van der Waals surface area contributed by atoms with E-state index in [-0.39, 0.29) is 5.91 Å². The molecule has 0 atom stereocenters. The molecule has 0 aromatic heterocycles. The highest BCUT2D eigenvalue weighted by molar-refractivity contribution is 6.30. The number of hydrogen-bond donors (Lipinski definition) is 2. The standard InChI is InChI=1S/C17H19ClN2O2/c1-22-16-5-3-2-4-13(16)12-20-17(21)10-11-19-15-8-6-14(18)7-9-15/h2-9,19H,10-12H2,1H3,(H,20,21). The average Bonchev–Trinajstić information content (AvgIpc) is 2.55. The molecule has 22 heavy (non-hydrogen) atoms. The lowest BCUT2D eigenvalue weighted by molar-refractivity contribution is -0.121. The van der Waals surface area contributed by atoms with Gasteiger partial charge in [-0.2, -0.15) is 0 Å². The first-order chi connectivity index (χ1) is 10.7. The number of carbonyl (C=O) groups is 1. The molecule has 0 aliphatic rings. The van der Waals surface area contributed by atoms with E-state index in [2.05, 4.69) is 10.6 Å². The summed E-state index contributed by atoms with van der Waals surface area (Å²) in [6.07, 6.45) is 0.401. The summed E-state index contributed by atoms with van der Waals surface area (Å²) in [5.74, 6) is 0.773. The Bertz CT molecular complexity index is 614. The van der Waals surface area contributed by atoms with Crippen molar-refractivity contribution < 1.29 is 9.53 Å². The number of rotatable bonds is 7. The molecule has 4 nitrogen and oxygen atoms in total. The third-order valence-electron chi connectivity index (χ3n) is 3.19. The summed E-state index contributed by atoms with van der Waals surface area (Å²) in [7, 11) is 1.62. The van der Waals surface area contributed by atoms with Crippen molar-refractivity contribution in [2.75, 3.05) is 19.0 Å². The van der Waals surface area contributed by atoms with Crippen molar-refractivity contribution >= 4 is 23.2 Å². The number of methoxy groups -OCH3 is 1. The molecule has 0 saturated heterocycles. The first-order valence-electron chi connectivity index (χ1n) is 7.07. The fourth-order valence-electron chi connectivity index (χ4n) is 2.02. The van der Waals surface area contributed by atoms with Crippen LogP contribution in [0, 0.1) is 0 Å². The zero-order valence-electron chi connectivity index (χ0n) is 12.4. The number of nitrogens with one attached hydrogen (secondary N) is 2. The first kappa shape index (κ1) is 16.2. The molecule has 2 N–H and O–H groups in total. The summed E-state index contributed by atoms with van der Waals surface area (Å²) in [4.78, 5) is 11.8. The van der Waals surface area contributed by atoms with Gasteiger partial charge in [-0.25, -0.2) is 0 Å². The van der Waals surface area contributed by atoms with Crippen molar-refractivity contribution in [1.82, 2.24) is 5.32 Å². The monoisotopic (exact) mass is 318 g/mol. The molecule has 5 heteroatoms. The molecular weight excluding hydrogens is 300 g/mol. The van der Waals surface area contributed by atoms with Gasteiger partial charge in [0.1, 0.15) is 5.75 Å². The highest BCUT2D eigenvalue weighted by Gasteiger charge is 2.05. The number of anilines is 1. The molecule has 2 aromatic carbocycles. The van der Waals surface area contributed by atoms with Crippen molar-refractivity contribution in [3.63, 3.8) is 0 Å². The van der Waals surface area contributed by atoms with E-state index in [0.717, 1.165) is 17.0 Å². The van der Waals surface area contributed by atoms with Gasteiger partial charge in [0.05, 0.1) is 7.11 Å². The van der Waals surface area contributed by atoms with E-state index in [1.54, 1.807) is 7.11 Å². The maximum atomic E-state index is 11.8. The molecule has 0 aliphatic carbocycles. The number of ether oxygens (including phenoxy) is 1. The fourth-order valence-corrected chi connectivity index (χ4v) is 2.15. The van der Waals surface area contributed by atoms with Crippen molar-refractivity contribution in [3.05, 3.63) is 59.1 Å². The number of amides is 1. The van der Waals surface area contributed by atoms with Gasteiger partial charge in [-0.1, -0.05) is 29.8 Å². The number of carbonyl (C=O) groups excluding carboxylic acids is 1. The molecule has 0 saturated carbocycles. The molecular formula is C17H19ClN2O2. The predicted molar refractivity (Wildman–Crippen MR) is 89.4 cm³/mol. The predicted octanol–water partition coefficient (Wildman–Crippen LogP) is 3.47. The Balaban J connectivity index is 1.73. The van der Waals surface area contributed by atoms with E-state index in [9.17, 15) is 4.79 Å². The molecule has 0 unspecified atom stereocenters. The third kappa shape index (κ3) is 4.97. The van der Waals surface area contributed by atoms with Gasteiger partial charge in [-0.3, -0.25) is 4.79 Å². The second-order valence-electron chi connectivity index (χ2n) is 4.77. The van der Waals surface area contributed by atoms with Crippen LogP contribution in [0.2, 0.25) is 5.02 Å². The lowest BCUT2D eigenvalue weighted by Crippen LogP contribution is -2.25. The zero-order chi connectivity index (χ0) is 15.8. The molecule has 0 bridgehead atoms. The number of para-hydroxylation sites is 1. The fraction of sp³-hybridized carbons (Fsp3) is 0.235. The summed E-state index contributed by atoms with van der Waals surface area (Å²) in [6.45, 7) is 1.03. The van der Waals surface area contributed by atoms with Crippen LogP contribution >= 0.6 is 11.6 Å². The topological polar surface area (TPSA) is 50.4 Å². The van der Waals surface area contributed by atoms with Gasteiger partial charge in [0.15, 0.2) is 0 Å². The first-order valence-corrected chi connectivity index (χ1v) is 7.45. The molecule has 0 heterocycles. The molecule has 2 aromatic rings. The Morgan fingerprint density at radius 1 is 1.14 bits per heavy atom. The maximum Gasteiger partial charge on any atom is 0.222 e. The van der Waals surface area contributed by atoms with Gasteiger partial charge >= 0.3 is 0 Å². The minimum Gasteiger partial charge on any atom is -0.496 e. The number of benzene rings is 2. The minimum absolute atomic E-state index is 0.00707. The van der Waals surface area contributed by atoms with Gasteiger partial charge in [0.25, 0.3) is 0 Å². The Morgan fingerprint density at radius 2 is 1.86 bits per heavy atom. The lowest BCUT2D eigenvalue weighted by Gasteiger charge is -2.10. The van der Waals surface area contributed by atoms with E-state index >= 15 is 0 Å². The Labute approximate surface area is 135 Å². The molecule has 116 valence electrons. The quantitative estimate of drug-likeness (QED) is 0.822. The molecule has 0 spiro atoms. The van der Waals surface area contributed by atoms with Gasteiger partial charge < -0.3 is 15.4 Å². The van der Waals surface area contributed by atoms with Gasteiger partial charge in [-0.05, 0) is 30.3 Å². The average molecular weight is 319 g/mol. The van der Waals surface area contributed by atoms with Crippen molar-refractivity contribution in [2.45, 2.75) is 13.0 Å². The zero-order valence-corrected chi connectivity index (χ0v) is 13.2. The molecule has 2 rings (SSSR count). The summed E-state index contributed by atoms with van der Waals surface area (Å²) >= 11 is 5.82. The molecule has 1 amide bonds. The van der Waals surface area contributed by atoms with Crippen LogP contribution in [0.3, 0.4) is 0 Å². The van der Waals surface area contributed by atoms with Crippen LogP contribution < -0.4 is 15.4 Å². The van der Waals surface area contributed by atoms with Gasteiger partial charge in [-0.15, -0.1) is 0 Å². The Kier molecular flexibility index (Phi) is 6.10. The van der Waals surface area contributed by atoms with E-state index in [1.807, 2.05) is 48.5 Å². The van der Waals surface area contributed by atoms with Crippen LogP contribution in [0.15, 0.2) is 48.5 Å². The van der Waals surface area contributed by atoms with Crippen LogP contribution in [0.1, 0.15) is 12.0 Å². The smallest absolute Gasteiger partial charge is 0.222 e. The Hall–Kier alpha value is -2.20. The van der Waals surface area contributed by atoms with Crippen molar-refractivity contribution in [3.8, 4) is 5.75 Å². The van der Waals surface area contributed by atoms with Gasteiger partial charge in [0, 0.05) is 35.8 Å². The van der Waals surface area contributed by atoms with Crippen LogP contribution in [-0.2, 0) is 11.3 Å². The van der Waals surface area contributed by atoms with Crippen molar-refractivity contribution in [2.24, 2.45) is 0 Å². The second-order valence-corrected chi connectivity index (χ2v) is 5.21. The summed E-state index contributed by atoms with van der Waals surface area (Å²) in [5, 5.41) is 6.76. The Morgan fingerprint density at radius 3 is 2.59 bits per heavy atom. The number of hydrogen-bond acceptors (Lipinski definition) is 3. The van der Waals surface area contributed by atoms with Crippen molar-refractivity contribution in [1.29, 1.82) is 0 Å². The van der Waals surface area contributed by atoms with E-state index < -0.39 is 0 Å². The maximum absolute atomic E-state index is 11.8. The minimum atomic E-state index is -0.00707. The molecule has 0 radical (unpaired) electrons. The lowest BCUT2D eigenvalue weighted by atomic mass is 10.2. The number of halogens is 1. The summed E-state index contributed by atoms with van der Waals surface area (Å²) in [6, 6.07) is 15.0. The largest absolute Gasteiger partial charge is 0.496 e. The summed E-state index contributed by atoms with van der Waals surface area (Å²) in [5.41, 5.74) is 1.91. The highest BCUT2D eigenvalue weighted by Crippen LogP contribution is 2.16. The normalized spacial score (nSPS) is 10.1. The van der Waals surface area contributed by atoms with E-state index in [0.29, 0.717) is 24.5 Å². The second kappa shape index (κ2) is 8.29. The highest BCUT2D eigenvalue weighted by atomic mass is 35.5. The molecule has 0 fully saturated rings. The third-order valence-corrected chi connectivity index (χ3v) is 3.45. The van der Waals surface area contributed by atoms with Crippen LogP contribution in [0.25, 0.3) is 0 Å². The van der Waals surface area contributed by atoms with E-state index in [4.69, 9.17) is 16.3 Å². The van der Waals surface area contributed by atoms with Crippen LogP contribution in [-0.4, -0.2) is 19.6 Å². The molecule has 0 aliphatic heterocycles. The van der Waals surface area contributed by atoms with Crippen LogP contribution in [0.5, 0.6) is 5.75 Å². The summed E-state index contributed by atoms with van der Waals surface area (Å²) < 4.78 is 5.25. The van der Waals surface area contributed by atoms with Crippen LogP contribution in [0.4, 0.5) is 5.69 Å². The SMILES string of the molecule is COc1ccccc1CNC(=O)CCNc1ccc(Cl)cc1. The van der Waals surface area contributed by atoms with E-state index in [1.165, 1.54) is 0 Å². The van der Waals surface area contributed by atoms with Gasteiger partial charge in [0.2, 0.25) is 5.91 Å².